The normalized spacial score (nSPS) is 11.5. The Labute approximate surface area is 130 Å². The molecule has 5 nitrogen and oxygen atoms in total. The zero-order chi connectivity index (χ0) is 14.4. The molecule has 0 bridgehead atoms. The predicted molar refractivity (Wildman–Crippen MR) is 85.8 cm³/mol. The van der Waals surface area contributed by atoms with E-state index in [9.17, 15) is 4.79 Å². The van der Waals surface area contributed by atoms with Gasteiger partial charge in [-0.15, -0.1) is 12.4 Å². The third kappa shape index (κ3) is 5.57. The molecule has 0 saturated carbocycles. The number of nitrogens with two attached hydrogens (primary N) is 1. The topological polar surface area (TPSA) is 72.9 Å². The highest BCUT2D eigenvalue weighted by Crippen LogP contribution is 2.07. The van der Waals surface area contributed by atoms with Gasteiger partial charge in [-0.1, -0.05) is 18.2 Å². The number of hydrogen-bond acceptors (Lipinski definition) is 3. The van der Waals surface area contributed by atoms with Gasteiger partial charge < -0.3 is 11.1 Å². The van der Waals surface area contributed by atoms with E-state index >= 15 is 0 Å². The zero-order valence-corrected chi connectivity index (χ0v) is 12.8. The molecule has 6 heteroatoms. The summed E-state index contributed by atoms with van der Waals surface area (Å²) in [4.78, 5) is 11.8. The lowest BCUT2D eigenvalue weighted by Crippen LogP contribution is -2.29. The van der Waals surface area contributed by atoms with E-state index in [1.54, 1.807) is 10.9 Å². The van der Waals surface area contributed by atoms with Crippen molar-refractivity contribution in [2.45, 2.75) is 25.8 Å². The summed E-state index contributed by atoms with van der Waals surface area (Å²) < 4.78 is 1.77. The van der Waals surface area contributed by atoms with Crippen LogP contribution < -0.4 is 11.1 Å². The van der Waals surface area contributed by atoms with Crippen LogP contribution in [0.5, 0.6) is 0 Å². The van der Waals surface area contributed by atoms with E-state index < -0.39 is 0 Å². The van der Waals surface area contributed by atoms with Gasteiger partial charge in [0.15, 0.2) is 0 Å². The molecule has 2 rings (SSSR count). The molecule has 1 unspecified atom stereocenters. The number of carbonyl (C=O) groups is 1. The van der Waals surface area contributed by atoms with Crippen LogP contribution in [0.4, 0.5) is 0 Å². The molecule has 0 aliphatic rings. The number of carbonyl (C=O) groups excluding carboxylic acids is 1. The summed E-state index contributed by atoms with van der Waals surface area (Å²) in [5, 5.41) is 7.12. The average molecular weight is 309 g/mol. The fourth-order valence-electron chi connectivity index (χ4n) is 1.86. The lowest BCUT2D eigenvalue weighted by atomic mass is 10.2. The molecule has 3 N–H and O–H groups in total. The van der Waals surface area contributed by atoms with Gasteiger partial charge in [0.2, 0.25) is 5.91 Å². The molecule has 0 aliphatic heterocycles. The lowest BCUT2D eigenvalue weighted by Gasteiger charge is -2.06. The summed E-state index contributed by atoms with van der Waals surface area (Å²) in [6.07, 6.45) is 4.72. The Morgan fingerprint density at radius 1 is 1.38 bits per heavy atom. The molecular weight excluding hydrogens is 288 g/mol. The second kappa shape index (κ2) is 8.44. The quantitative estimate of drug-likeness (QED) is 0.853. The van der Waals surface area contributed by atoms with Crippen LogP contribution in [0.2, 0.25) is 0 Å². The molecule has 1 amide bonds. The van der Waals surface area contributed by atoms with Crippen molar-refractivity contribution in [3.63, 3.8) is 0 Å². The maximum Gasteiger partial charge on any atom is 0.224 e. The minimum atomic E-state index is -0.00161. The highest BCUT2D eigenvalue weighted by molar-refractivity contribution is 5.85. The Hall–Kier alpha value is -1.85. The molecular formula is C15H21ClN4O. The second-order valence-corrected chi connectivity index (χ2v) is 4.92. The van der Waals surface area contributed by atoms with Crippen molar-refractivity contribution in [2.24, 2.45) is 5.73 Å². The molecule has 1 heterocycles. The molecule has 0 fully saturated rings. The summed E-state index contributed by atoms with van der Waals surface area (Å²) in [5.74, 6) is -0.00161. The molecule has 0 spiro atoms. The first-order valence-corrected chi connectivity index (χ1v) is 6.76. The van der Waals surface area contributed by atoms with Gasteiger partial charge in [0.25, 0.3) is 0 Å². The molecule has 0 saturated heterocycles. The Bertz CT molecular complexity index is 554. The highest BCUT2D eigenvalue weighted by atomic mass is 35.5. The SMILES string of the molecule is CC(N)CCNC(=O)Cc1cnn(-c2ccccc2)c1.Cl. The number of rotatable bonds is 6. The number of benzene rings is 1. The van der Waals surface area contributed by atoms with Crippen molar-refractivity contribution in [1.29, 1.82) is 0 Å². The standard InChI is InChI=1S/C15H20N4O.ClH/c1-12(16)7-8-17-15(20)9-13-10-18-19(11-13)14-5-3-2-4-6-14;/h2-6,10-12H,7-9,16H2,1H3,(H,17,20);1H. The van der Waals surface area contributed by atoms with Crippen LogP contribution in [0.25, 0.3) is 5.69 Å². The molecule has 1 atom stereocenters. The minimum absolute atomic E-state index is 0. The largest absolute Gasteiger partial charge is 0.356 e. The van der Waals surface area contributed by atoms with Crippen molar-refractivity contribution in [3.8, 4) is 5.69 Å². The van der Waals surface area contributed by atoms with Crippen LogP contribution in [0, 0.1) is 0 Å². The first-order chi connectivity index (χ1) is 9.65. The minimum Gasteiger partial charge on any atom is -0.356 e. The van der Waals surface area contributed by atoms with Gasteiger partial charge in [-0.2, -0.15) is 5.10 Å². The van der Waals surface area contributed by atoms with Gasteiger partial charge in [-0.05, 0) is 31.0 Å². The van der Waals surface area contributed by atoms with Crippen molar-refractivity contribution >= 4 is 18.3 Å². The van der Waals surface area contributed by atoms with Gasteiger partial charge in [-0.25, -0.2) is 4.68 Å². The van der Waals surface area contributed by atoms with Gasteiger partial charge in [-0.3, -0.25) is 4.79 Å². The average Bonchev–Trinajstić information content (AvgIpc) is 2.88. The van der Waals surface area contributed by atoms with Crippen LogP contribution in [0.15, 0.2) is 42.7 Å². The fraction of sp³-hybridized carbons (Fsp3) is 0.333. The van der Waals surface area contributed by atoms with Crippen LogP contribution in [0.1, 0.15) is 18.9 Å². The predicted octanol–water partition coefficient (Wildman–Crippen LogP) is 1.69. The third-order valence-electron chi connectivity index (χ3n) is 2.94. The number of nitrogens with zero attached hydrogens (tertiary/aromatic N) is 2. The molecule has 1 aromatic heterocycles. The number of nitrogens with one attached hydrogen (secondary N) is 1. The van der Waals surface area contributed by atoms with Crippen LogP contribution in [-0.2, 0) is 11.2 Å². The Morgan fingerprint density at radius 2 is 2.10 bits per heavy atom. The maximum absolute atomic E-state index is 11.8. The van der Waals surface area contributed by atoms with E-state index in [1.807, 2.05) is 43.5 Å². The van der Waals surface area contributed by atoms with Gasteiger partial charge in [0.1, 0.15) is 0 Å². The summed E-state index contributed by atoms with van der Waals surface area (Å²) >= 11 is 0. The molecule has 2 aromatic rings. The summed E-state index contributed by atoms with van der Waals surface area (Å²) in [6, 6.07) is 9.92. The van der Waals surface area contributed by atoms with Gasteiger partial charge in [0, 0.05) is 18.8 Å². The Kier molecular flexibility index (Phi) is 6.91. The lowest BCUT2D eigenvalue weighted by molar-refractivity contribution is -0.120. The fourth-order valence-corrected chi connectivity index (χ4v) is 1.86. The first kappa shape index (κ1) is 17.2. The monoisotopic (exact) mass is 308 g/mol. The summed E-state index contributed by atoms with van der Waals surface area (Å²) in [6.45, 7) is 2.54. The van der Waals surface area contributed by atoms with E-state index in [1.165, 1.54) is 0 Å². The molecule has 0 radical (unpaired) electrons. The summed E-state index contributed by atoms with van der Waals surface area (Å²) in [5.41, 5.74) is 7.51. The third-order valence-corrected chi connectivity index (χ3v) is 2.94. The smallest absolute Gasteiger partial charge is 0.224 e. The van der Waals surface area contributed by atoms with E-state index in [4.69, 9.17) is 5.73 Å². The summed E-state index contributed by atoms with van der Waals surface area (Å²) in [7, 11) is 0. The molecule has 1 aromatic carbocycles. The maximum atomic E-state index is 11.8. The first-order valence-electron chi connectivity index (χ1n) is 6.76. The Morgan fingerprint density at radius 3 is 2.76 bits per heavy atom. The van der Waals surface area contributed by atoms with E-state index in [2.05, 4.69) is 10.4 Å². The van der Waals surface area contributed by atoms with Crippen LogP contribution in [0.3, 0.4) is 0 Å². The van der Waals surface area contributed by atoms with E-state index in [0.29, 0.717) is 13.0 Å². The van der Waals surface area contributed by atoms with Crippen LogP contribution in [-0.4, -0.2) is 28.3 Å². The highest BCUT2D eigenvalue weighted by Gasteiger charge is 2.06. The number of halogens is 1. The number of amides is 1. The Balaban J connectivity index is 0.00000220. The second-order valence-electron chi connectivity index (χ2n) is 4.92. The van der Waals surface area contributed by atoms with Crippen LogP contribution >= 0.6 is 12.4 Å². The van der Waals surface area contributed by atoms with Crippen molar-refractivity contribution in [1.82, 2.24) is 15.1 Å². The molecule has 0 aliphatic carbocycles. The number of aromatic nitrogens is 2. The van der Waals surface area contributed by atoms with Crippen molar-refractivity contribution in [2.75, 3.05) is 6.54 Å². The van der Waals surface area contributed by atoms with E-state index in [-0.39, 0.29) is 24.4 Å². The number of para-hydroxylation sites is 1. The zero-order valence-electron chi connectivity index (χ0n) is 12.0. The van der Waals surface area contributed by atoms with Gasteiger partial charge in [0.05, 0.1) is 18.3 Å². The van der Waals surface area contributed by atoms with Crippen molar-refractivity contribution < 1.29 is 4.79 Å². The number of hydrogen-bond donors (Lipinski definition) is 2. The van der Waals surface area contributed by atoms with Gasteiger partial charge >= 0.3 is 0 Å². The van der Waals surface area contributed by atoms with E-state index in [0.717, 1.165) is 17.7 Å². The van der Waals surface area contributed by atoms with Crippen molar-refractivity contribution in [3.05, 3.63) is 48.3 Å². The molecule has 114 valence electrons. The molecule has 21 heavy (non-hydrogen) atoms.